The van der Waals surface area contributed by atoms with Gasteiger partial charge in [-0.05, 0) is 43.9 Å². The molecule has 1 amide bonds. The second-order valence-electron chi connectivity index (χ2n) is 8.92. The maximum Gasteiger partial charge on any atom is 0.225 e. The van der Waals surface area contributed by atoms with E-state index in [9.17, 15) is 9.59 Å². The first-order chi connectivity index (χ1) is 16.5. The SMILES string of the molecule is CC(=O)CCCCC[C@H](NC(=O)Cc1c(C)[nH]c2ccccc12)c1ncc(-c2ccccc2)[nH]1. The van der Waals surface area contributed by atoms with E-state index in [2.05, 4.69) is 20.3 Å². The molecule has 2 heterocycles. The van der Waals surface area contributed by atoms with Crippen LogP contribution in [0.5, 0.6) is 0 Å². The molecule has 0 saturated carbocycles. The van der Waals surface area contributed by atoms with Crippen molar-refractivity contribution >= 4 is 22.6 Å². The minimum absolute atomic E-state index is 0.0285. The summed E-state index contributed by atoms with van der Waals surface area (Å²) in [4.78, 5) is 35.8. The van der Waals surface area contributed by atoms with Crippen LogP contribution in [-0.2, 0) is 16.0 Å². The Labute approximate surface area is 200 Å². The summed E-state index contributed by atoms with van der Waals surface area (Å²) in [6.07, 6.45) is 6.23. The Balaban J connectivity index is 1.48. The van der Waals surface area contributed by atoms with Crippen molar-refractivity contribution in [2.75, 3.05) is 0 Å². The third kappa shape index (κ3) is 5.81. The summed E-state index contributed by atoms with van der Waals surface area (Å²) in [6, 6.07) is 17.9. The molecule has 6 nitrogen and oxygen atoms in total. The fourth-order valence-corrected chi connectivity index (χ4v) is 4.42. The molecule has 3 N–H and O–H groups in total. The lowest BCUT2D eigenvalue weighted by Crippen LogP contribution is -2.30. The summed E-state index contributed by atoms with van der Waals surface area (Å²) in [6.45, 7) is 3.64. The van der Waals surface area contributed by atoms with E-state index in [1.807, 2.05) is 67.7 Å². The Morgan fingerprint density at radius 3 is 2.53 bits per heavy atom. The molecule has 6 heteroatoms. The van der Waals surface area contributed by atoms with Gasteiger partial charge in [0.25, 0.3) is 0 Å². The molecule has 2 aromatic carbocycles. The van der Waals surface area contributed by atoms with Crippen molar-refractivity contribution in [3.05, 3.63) is 77.9 Å². The molecule has 0 saturated heterocycles. The first kappa shape index (κ1) is 23.5. The Hall–Kier alpha value is -3.67. The van der Waals surface area contributed by atoms with Crippen LogP contribution >= 0.6 is 0 Å². The maximum atomic E-state index is 13.1. The summed E-state index contributed by atoms with van der Waals surface area (Å²) in [5.74, 6) is 0.950. The van der Waals surface area contributed by atoms with Gasteiger partial charge < -0.3 is 20.1 Å². The number of carbonyl (C=O) groups excluding carboxylic acids is 2. The molecule has 0 spiro atoms. The van der Waals surface area contributed by atoms with Gasteiger partial charge in [0.1, 0.15) is 11.6 Å². The number of hydrogen-bond acceptors (Lipinski definition) is 3. The highest BCUT2D eigenvalue weighted by Crippen LogP contribution is 2.25. The molecule has 0 radical (unpaired) electrons. The van der Waals surface area contributed by atoms with Gasteiger partial charge in [-0.2, -0.15) is 0 Å². The zero-order chi connectivity index (χ0) is 23.9. The third-order valence-electron chi connectivity index (χ3n) is 6.23. The number of carbonyl (C=O) groups is 2. The number of benzene rings is 2. The molecule has 1 atom stereocenters. The van der Waals surface area contributed by atoms with Crippen LogP contribution < -0.4 is 5.32 Å². The van der Waals surface area contributed by atoms with Crippen molar-refractivity contribution in [2.45, 2.75) is 58.4 Å². The van der Waals surface area contributed by atoms with Gasteiger partial charge in [0.05, 0.1) is 24.4 Å². The average molecular weight is 457 g/mol. The molecule has 0 aliphatic rings. The molecule has 2 aromatic heterocycles. The number of rotatable bonds is 11. The number of fused-ring (bicyclic) bond motifs is 1. The number of aromatic nitrogens is 3. The molecule has 0 unspecified atom stereocenters. The summed E-state index contributed by atoms with van der Waals surface area (Å²) in [7, 11) is 0. The Bertz CT molecular complexity index is 1260. The lowest BCUT2D eigenvalue weighted by atomic mass is 10.0. The predicted octanol–water partition coefficient (Wildman–Crippen LogP) is 5.81. The van der Waals surface area contributed by atoms with E-state index < -0.39 is 0 Å². The zero-order valence-corrected chi connectivity index (χ0v) is 19.9. The van der Waals surface area contributed by atoms with Gasteiger partial charge in [0.2, 0.25) is 5.91 Å². The van der Waals surface area contributed by atoms with Crippen LogP contribution in [0.25, 0.3) is 22.2 Å². The summed E-state index contributed by atoms with van der Waals surface area (Å²) < 4.78 is 0. The molecule has 34 heavy (non-hydrogen) atoms. The van der Waals surface area contributed by atoms with Crippen LogP contribution in [0.4, 0.5) is 0 Å². The summed E-state index contributed by atoms with van der Waals surface area (Å²) in [5.41, 5.74) is 5.07. The van der Waals surface area contributed by atoms with E-state index >= 15 is 0 Å². The normalized spacial score (nSPS) is 12.1. The number of ketones is 1. The van der Waals surface area contributed by atoms with Gasteiger partial charge in [0.15, 0.2) is 0 Å². The van der Waals surface area contributed by atoms with Crippen LogP contribution in [0.2, 0.25) is 0 Å². The van der Waals surface area contributed by atoms with Gasteiger partial charge in [-0.25, -0.2) is 4.98 Å². The smallest absolute Gasteiger partial charge is 0.225 e. The number of unbranched alkanes of at least 4 members (excludes halogenated alkanes) is 2. The van der Waals surface area contributed by atoms with E-state index in [1.54, 1.807) is 6.92 Å². The number of aryl methyl sites for hydroxylation is 1. The standard InChI is InChI=1S/C28H32N4O2/c1-19(33)11-5-3-8-16-25(28-29-18-26(32-28)21-12-6-4-7-13-21)31-27(34)17-23-20(2)30-24-15-10-9-14-22(23)24/h4,6-7,9-10,12-15,18,25,30H,3,5,8,11,16-17H2,1-2H3,(H,29,32)(H,31,34)/t25-/m0/s1. The zero-order valence-electron chi connectivity index (χ0n) is 19.9. The lowest BCUT2D eigenvalue weighted by molar-refractivity contribution is -0.121. The van der Waals surface area contributed by atoms with E-state index in [0.717, 1.165) is 64.9 Å². The van der Waals surface area contributed by atoms with Gasteiger partial charge in [-0.15, -0.1) is 0 Å². The van der Waals surface area contributed by atoms with Gasteiger partial charge in [-0.1, -0.05) is 61.4 Å². The molecular formula is C28H32N4O2. The second kappa shape index (κ2) is 11.0. The van der Waals surface area contributed by atoms with Gasteiger partial charge in [-0.3, -0.25) is 4.79 Å². The summed E-state index contributed by atoms with van der Waals surface area (Å²) in [5, 5.41) is 4.30. The largest absolute Gasteiger partial charge is 0.358 e. The number of hydrogen-bond donors (Lipinski definition) is 3. The van der Waals surface area contributed by atoms with Crippen molar-refractivity contribution in [1.29, 1.82) is 0 Å². The van der Waals surface area contributed by atoms with Crippen molar-refractivity contribution in [3.8, 4) is 11.3 Å². The Kier molecular flexibility index (Phi) is 7.58. The van der Waals surface area contributed by atoms with E-state index in [1.165, 1.54) is 0 Å². The Morgan fingerprint density at radius 2 is 1.74 bits per heavy atom. The quantitative estimate of drug-likeness (QED) is 0.249. The monoisotopic (exact) mass is 456 g/mol. The topological polar surface area (TPSA) is 90.6 Å². The minimum Gasteiger partial charge on any atom is -0.358 e. The number of nitrogens with one attached hydrogen (secondary N) is 3. The molecule has 0 fully saturated rings. The van der Waals surface area contributed by atoms with Crippen LogP contribution in [0.15, 0.2) is 60.8 Å². The lowest BCUT2D eigenvalue weighted by Gasteiger charge is -2.17. The molecule has 4 rings (SSSR count). The van der Waals surface area contributed by atoms with Crippen LogP contribution in [0.1, 0.15) is 62.2 Å². The fourth-order valence-electron chi connectivity index (χ4n) is 4.42. The predicted molar refractivity (Wildman–Crippen MR) is 135 cm³/mol. The highest BCUT2D eigenvalue weighted by Gasteiger charge is 2.20. The molecule has 0 aliphatic carbocycles. The van der Waals surface area contributed by atoms with Crippen molar-refractivity contribution in [3.63, 3.8) is 0 Å². The fraction of sp³-hybridized carbons (Fsp3) is 0.321. The van der Waals surface area contributed by atoms with E-state index in [0.29, 0.717) is 12.8 Å². The number of nitrogens with zero attached hydrogens (tertiary/aromatic N) is 1. The highest BCUT2D eigenvalue weighted by molar-refractivity contribution is 5.90. The first-order valence-corrected chi connectivity index (χ1v) is 12.0. The third-order valence-corrected chi connectivity index (χ3v) is 6.23. The second-order valence-corrected chi connectivity index (χ2v) is 8.92. The highest BCUT2D eigenvalue weighted by atomic mass is 16.1. The van der Waals surface area contributed by atoms with Crippen LogP contribution in [-0.4, -0.2) is 26.6 Å². The number of Topliss-reactive ketones (excluding diaryl/α,β-unsaturated/α-hetero) is 1. The van der Waals surface area contributed by atoms with Crippen molar-refractivity contribution < 1.29 is 9.59 Å². The average Bonchev–Trinajstić information content (AvgIpc) is 3.44. The number of imidazole rings is 1. The molecule has 176 valence electrons. The number of H-pyrrole nitrogens is 2. The van der Waals surface area contributed by atoms with E-state index in [4.69, 9.17) is 0 Å². The maximum absolute atomic E-state index is 13.1. The molecular weight excluding hydrogens is 424 g/mol. The van der Waals surface area contributed by atoms with Crippen LogP contribution in [0, 0.1) is 6.92 Å². The number of para-hydroxylation sites is 1. The first-order valence-electron chi connectivity index (χ1n) is 12.0. The van der Waals surface area contributed by atoms with Crippen molar-refractivity contribution in [1.82, 2.24) is 20.3 Å². The Morgan fingerprint density at radius 1 is 0.971 bits per heavy atom. The number of amides is 1. The van der Waals surface area contributed by atoms with Gasteiger partial charge >= 0.3 is 0 Å². The number of aromatic amines is 2. The van der Waals surface area contributed by atoms with Gasteiger partial charge in [0, 0.05) is 23.0 Å². The van der Waals surface area contributed by atoms with Crippen LogP contribution in [0.3, 0.4) is 0 Å². The van der Waals surface area contributed by atoms with E-state index in [-0.39, 0.29) is 17.7 Å². The van der Waals surface area contributed by atoms with Crippen molar-refractivity contribution in [2.24, 2.45) is 0 Å². The molecule has 4 aromatic rings. The minimum atomic E-state index is -0.215. The summed E-state index contributed by atoms with van der Waals surface area (Å²) >= 11 is 0. The molecule has 0 aliphatic heterocycles. The molecule has 0 bridgehead atoms.